The van der Waals surface area contributed by atoms with Crippen molar-refractivity contribution in [3.8, 4) is 11.1 Å². The molecule has 1 unspecified atom stereocenters. The summed E-state index contributed by atoms with van der Waals surface area (Å²) >= 11 is 6.12. The third-order valence-corrected chi connectivity index (χ3v) is 5.46. The summed E-state index contributed by atoms with van der Waals surface area (Å²) in [5, 5.41) is 4.12. The molecule has 1 aliphatic heterocycles. The highest BCUT2D eigenvalue weighted by molar-refractivity contribution is 6.30. The molecule has 0 aromatic heterocycles. The number of nitrogens with one attached hydrogen (secondary N) is 1. The lowest BCUT2D eigenvalue weighted by Gasteiger charge is -2.30. The SMILES string of the molecule is COC(=O)C(OC(C)(C)C)c1c(C)c2c(c(C)c1-c1ccc(Cl)cc1)CNC2. The van der Waals surface area contributed by atoms with Gasteiger partial charge in [-0.05, 0) is 80.1 Å². The van der Waals surface area contributed by atoms with E-state index < -0.39 is 17.7 Å². The molecule has 1 atom stereocenters. The number of carbonyl (C=O) groups is 1. The average molecular weight is 402 g/mol. The largest absolute Gasteiger partial charge is 0.467 e. The van der Waals surface area contributed by atoms with Crippen molar-refractivity contribution < 1.29 is 14.3 Å². The first-order valence-electron chi connectivity index (χ1n) is 9.51. The van der Waals surface area contributed by atoms with Crippen molar-refractivity contribution in [1.29, 1.82) is 0 Å². The monoisotopic (exact) mass is 401 g/mol. The maximum Gasteiger partial charge on any atom is 0.339 e. The van der Waals surface area contributed by atoms with Gasteiger partial charge in [-0.15, -0.1) is 0 Å². The van der Waals surface area contributed by atoms with E-state index in [-0.39, 0.29) is 0 Å². The fourth-order valence-electron chi connectivity index (χ4n) is 3.95. The first-order valence-corrected chi connectivity index (χ1v) is 9.89. The first kappa shape index (κ1) is 20.8. The molecule has 1 N–H and O–H groups in total. The quantitative estimate of drug-likeness (QED) is 0.710. The lowest BCUT2D eigenvalue weighted by atomic mass is 9.83. The van der Waals surface area contributed by atoms with Gasteiger partial charge in [-0.3, -0.25) is 0 Å². The molecule has 2 aromatic carbocycles. The standard InChI is InChI=1S/C23H28ClNO3/c1-13-17-11-25-12-18(17)14(2)20(19(13)15-7-9-16(24)10-8-15)21(22(26)27-6)28-23(3,4)5/h7-10,21,25H,11-12H2,1-6H3. The Morgan fingerprint density at radius 2 is 1.64 bits per heavy atom. The molecular weight excluding hydrogens is 374 g/mol. The van der Waals surface area contributed by atoms with E-state index in [1.165, 1.54) is 18.2 Å². The van der Waals surface area contributed by atoms with Gasteiger partial charge < -0.3 is 14.8 Å². The number of benzene rings is 2. The fourth-order valence-corrected chi connectivity index (χ4v) is 4.07. The van der Waals surface area contributed by atoms with Crippen LogP contribution in [0.2, 0.25) is 5.02 Å². The summed E-state index contributed by atoms with van der Waals surface area (Å²) in [6.45, 7) is 11.6. The molecule has 1 heterocycles. The number of hydrogen-bond acceptors (Lipinski definition) is 4. The maximum absolute atomic E-state index is 12.8. The molecule has 0 aliphatic carbocycles. The fraction of sp³-hybridized carbons (Fsp3) is 0.435. The van der Waals surface area contributed by atoms with Crippen LogP contribution in [0.15, 0.2) is 24.3 Å². The molecule has 0 bridgehead atoms. The number of fused-ring (bicyclic) bond motifs is 1. The number of esters is 1. The second-order valence-corrected chi connectivity index (χ2v) is 8.68. The highest BCUT2D eigenvalue weighted by atomic mass is 35.5. The summed E-state index contributed by atoms with van der Waals surface area (Å²) in [7, 11) is 1.40. The van der Waals surface area contributed by atoms with Crippen molar-refractivity contribution in [1.82, 2.24) is 5.32 Å². The van der Waals surface area contributed by atoms with Gasteiger partial charge in [0.05, 0.1) is 12.7 Å². The van der Waals surface area contributed by atoms with Crippen LogP contribution in [0.3, 0.4) is 0 Å². The van der Waals surface area contributed by atoms with Crippen LogP contribution in [0.4, 0.5) is 0 Å². The summed E-state index contributed by atoms with van der Waals surface area (Å²) in [6, 6.07) is 7.74. The van der Waals surface area contributed by atoms with Gasteiger partial charge in [0.1, 0.15) is 0 Å². The van der Waals surface area contributed by atoms with Crippen molar-refractivity contribution >= 4 is 17.6 Å². The molecule has 0 saturated carbocycles. The van der Waals surface area contributed by atoms with E-state index in [1.54, 1.807) is 0 Å². The molecule has 0 saturated heterocycles. The number of ether oxygens (including phenoxy) is 2. The molecule has 4 nitrogen and oxygen atoms in total. The Morgan fingerprint density at radius 3 is 2.18 bits per heavy atom. The highest BCUT2D eigenvalue weighted by Crippen LogP contribution is 2.42. The van der Waals surface area contributed by atoms with E-state index in [0.29, 0.717) is 5.02 Å². The Kier molecular flexibility index (Phi) is 5.85. The lowest BCUT2D eigenvalue weighted by Crippen LogP contribution is -2.29. The van der Waals surface area contributed by atoms with Crippen LogP contribution in [0.25, 0.3) is 11.1 Å². The van der Waals surface area contributed by atoms with Crippen LogP contribution in [-0.2, 0) is 27.4 Å². The molecule has 0 amide bonds. The Labute approximate surface area is 172 Å². The number of carbonyl (C=O) groups excluding carboxylic acids is 1. The number of rotatable bonds is 4. The van der Waals surface area contributed by atoms with Crippen LogP contribution in [-0.4, -0.2) is 18.7 Å². The highest BCUT2D eigenvalue weighted by Gasteiger charge is 2.34. The molecule has 3 rings (SSSR count). The average Bonchev–Trinajstić information content (AvgIpc) is 3.13. The van der Waals surface area contributed by atoms with Gasteiger partial charge in [-0.2, -0.15) is 0 Å². The smallest absolute Gasteiger partial charge is 0.339 e. The van der Waals surface area contributed by atoms with Crippen LogP contribution >= 0.6 is 11.6 Å². The molecule has 5 heteroatoms. The van der Waals surface area contributed by atoms with Crippen LogP contribution in [0, 0.1) is 13.8 Å². The van der Waals surface area contributed by atoms with Gasteiger partial charge in [0, 0.05) is 23.7 Å². The minimum absolute atomic E-state index is 0.390. The van der Waals surface area contributed by atoms with E-state index in [4.69, 9.17) is 21.1 Å². The lowest BCUT2D eigenvalue weighted by molar-refractivity contribution is -0.164. The molecule has 150 valence electrons. The van der Waals surface area contributed by atoms with Gasteiger partial charge in [-0.25, -0.2) is 4.79 Å². The van der Waals surface area contributed by atoms with E-state index in [0.717, 1.165) is 40.9 Å². The van der Waals surface area contributed by atoms with E-state index in [2.05, 4.69) is 19.2 Å². The number of halogens is 1. The Bertz CT molecular complexity index is 898. The summed E-state index contributed by atoms with van der Waals surface area (Å²) < 4.78 is 11.4. The minimum atomic E-state index is -0.805. The summed E-state index contributed by atoms with van der Waals surface area (Å²) in [5.41, 5.74) is 7.20. The Balaban J connectivity index is 2.33. The van der Waals surface area contributed by atoms with Gasteiger partial charge in [0.2, 0.25) is 0 Å². The topological polar surface area (TPSA) is 47.6 Å². The number of methoxy groups -OCH3 is 1. The van der Waals surface area contributed by atoms with Crippen molar-refractivity contribution in [3.05, 3.63) is 57.1 Å². The summed E-state index contributed by atoms with van der Waals surface area (Å²) in [4.78, 5) is 12.8. The third kappa shape index (κ3) is 3.95. The predicted octanol–water partition coefficient (Wildman–Crippen LogP) is 5.26. The summed E-state index contributed by atoms with van der Waals surface area (Å²) in [6.07, 6.45) is -0.805. The minimum Gasteiger partial charge on any atom is -0.467 e. The molecule has 0 fully saturated rings. The van der Waals surface area contributed by atoms with Crippen molar-refractivity contribution in [3.63, 3.8) is 0 Å². The van der Waals surface area contributed by atoms with Crippen molar-refractivity contribution in [2.45, 2.75) is 59.4 Å². The van der Waals surface area contributed by atoms with Gasteiger partial charge in [0.25, 0.3) is 0 Å². The van der Waals surface area contributed by atoms with Crippen LogP contribution in [0.1, 0.15) is 54.7 Å². The molecule has 0 radical (unpaired) electrons. The zero-order valence-corrected chi connectivity index (χ0v) is 18.2. The molecule has 2 aromatic rings. The van der Waals surface area contributed by atoms with E-state index >= 15 is 0 Å². The van der Waals surface area contributed by atoms with Gasteiger partial charge in [0.15, 0.2) is 6.10 Å². The molecule has 1 aliphatic rings. The predicted molar refractivity (Wildman–Crippen MR) is 113 cm³/mol. The van der Waals surface area contributed by atoms with Crippen molar-refractivity contribution in [2.24, 2.45) is 0 Å². The zero-order valence-electron chi connectivity index (χ0n) is 17.4. The van der Waals surface area contributed by atoms with E-state index in [1.807, 2.05) is 45.0 Å². The molecule has 0 spiro atoms. The van der Waals surface area contributed by atoms with E-state index in [9.17, 15) is 4.79 Å². The van der Waals surface area contributed by atoms with Crippen LogP contribution < -0.4 is 5.32 Å². The van der Waals surface area contributed by atoms with Gasteiger partial charge in [-0.1, -0.05) is 23.7 Å². The number of hydrogen-bond donors (Lipinski definition) is 1. The Hall–Kier alpha value is -1.88. The first-order chi connectivity index (χ1) is 13.1. The maximum atomic E-state index is 12.8. The molecule has 28 heavy (non-hydrogen) atoms. The molecular formula is C23H28ClNO3. The third-order valence-electron chi connectivity index (χ3n) is 5.20. The normalized spacial score (nSPS) is 14.7. The van der Waals surface area contributed by atoms with Crippen molar-refractivity contribution in [2.75, 3.05) is 7.11 Å². The van der Waals surface area contributed by atoms with Crippen LogP contribution in [0.5, 0.6) is 0 Å². The Morgan fingerprint density at radius 1 is 1.07 bits per heavy atom. The zero-order chi connectivity index (χ0) is 20.6. The summed E-state index contributed by atoms with van der Waals surface area (Å²) in [5.74, 6) is -0.390. The second-order valence-electron chi connectivity index (χ2n) is 8.24. The van der Waals surface area contributed by atoms with Gasteiger partial charge >= 0.3 is 5.97 Å². The second kappa shape index (κ2) is 7.86.